The maximum Gasteiger partial charge on any atom is 0.276 e. The molecule has 2 N–H and O–H groups in total. The molecule has 1 aliphatic heterocycles. The Morgan fingerprint density at radius 3 is 2.84 bits per heavy atom. The van der Waals surface area contributed by atoms with Gasteiger partial charge in [-0.05, 0) is 19.3 Å². The van der Waals surface area contributed by atoms with Crippen LogP contribution < -0.4 is 5.32 Å². The van der Waals surface area contributed by atoms with Crippen LogP contribution >= 0.6 is 0 Å². The van der Waals surface area contributed by atoms with Gasteiger partial charge in [-0.2, -0.15) is 15.4 Å². The van der Waals surface area contributed by atoms with Gasteiger partial charge >= 0.3 is 0 Å². The van der Waals surface area contributed by atoms with E-state index in [1.54, 1.807) is 4.90 Å². The van der Waals surface area contributed by atoms with Gasteiger partial charge in [0.2, 0.25) is 5.91 Å². The van der Waals surface area contributed by atoms with Crippen molar-refractivity contribution in [2.45, 2.75) is 38.6 Å². The second-order valence-corrected chi connectivity index (χ2v) is 6.29. The second kappa shape index (κ2) is 7.92. The van der Waals surface area contributed by atoms with Gasteiger partial charge in [-0.25, -0.2) is 0 Å². The van der Waals surface area contributed by atoms with E-state index in [1.165, 1.54) is 0 Å². The second-order valence-electron chi connectivity index (χ2n) is 6.29. The lowest BCUT2D eigenvalue weighted by Crippen LogP contribution is -2.49. The van der Waals surface area contributed by atoms with Gasteiger partial charge in [-0.15, -0.1) is 0 Å². The highest BCUT2D eigenvalue weighted by atomic mass is 16.2. The summed E-state index contributed by atoms with van der Waals surface area (Å²) in [6, 6.07) is 9.52. The number of nitrogens with one attached hydrogen (secondary N) is 2. The molecule has 1 aromatic carbocycles. The summed E-state index contributed by atoms with van der Waals surface area (Å²) in [6.07, 6.45) is 3.09. The van der Waals surface area contributed by atoms with Crippen molar-refractivity contribution in [1.29, 1.82) is 0 Å². The standard InChI is InChI=1S/C18H23N5O2/c1-2-7-15(24)19-14-10-6-11-23(12-14)18(25)17-16(20-22-21-17)13-8-4-3-5-9-13/h3-5,8-9,14H,2,6-7,10-12H2,1H3,(H,19,24)(H,20,21,22). The first kappa shape index (κ1) is 17.1. The van der Waals surface area contributed by atoms with E-state index in [9.17, 15) is 9.59 Å². The number of benzene rings is 1. The van der Waals surface area contributed by atoms with E-state index in [4.69, 9.17) is 0 Å². The van der Waals surface area contributed by atoms with E-state index < -0.39 is 0 Å². The van der Waals surface area contributed by atoms with Crippen LogP contribution in [0.3, 0.4) is 0 Å². The molecule has 2 heterocycles. The van der Waals surface area contributed by atoms with Crippen molar-refractivity contribution in [1.82, 2.24) is 25.6 Å². The van der Waals surface area contributed by atoms with Crippen LogP contribution in [0.25, 0.3) is 11.3 Å². The van der Waals surface area contributed by atoms with Crippen molar-refractivity contribution in [2.75, 3.05) is 13.1 Å². The lowest BCUT2D eigenvalue weighted by molar-refractivity contribution is -0.122. The number of carbonyl (C=O) groups excluding carboxylic acids is 2. The molecule has 0 bridgehead atoms. The molecule has 1 fully saturated rings. The number of hydrogen-bond acceptors (Lipinski definition) is 4. The van der Waals surface area contributed by atoms with Gasteiger partial charge in [0.25, 0.3) is 5.91 Å². The summed E-state index contributed by atoms with van der Waals surface area (Å²) in [6.45, 7) is 3.15. The fourth-order valence-electron chi connectivity index (χ4n) is 3.13. The number of aromatic nitrogens is 3. The third-order valence-corrected chi connectivity index (χ3v) is 4.35. The molecule has 2 amide bonds. The first-order valence-electron chi connectivity index (χ1n) is 8.74. The topological polar surface area (TPSA) is 91.0 Å². The Balaban J connectivity index is 1.71. The molecule has 0 radical (unpaired) electrons. The number of rotatable bonds is 5. The van der Waals surface area contributed by atoms with Crippen LogP contribution in [0.1, 0.15) is 43.1 Å². The normalized spacial score (nSPS) is 17.3. The zero-order valence-corrected chi connectivity index (χ0v) is 14.4. The average Bonchev–Trinajstić information content (AvgIpc) is 3.12. The summed E-state index contributed by atoms with van der Waals surface area (Å²) in [7, 11) is 0. The van der Waals surface area contributed by atoms with Crippen LogP contribution in [0.15, 0.2) is 30.3 Å². The van der Waals surface area contributed by atoms with Crippen LogP contribution in [0, 0.1) is 0 Å². The van der Waals surface area contributed by atoms with E-state index in [2.05, 4.69) is 20.7 Å². The van der Waals surface area contributed by atoms with Crippen LogP contribution in [-0.4, -0.2) is 51.3 Å². The Morgan fingerprint density at radius 1 is 1.28 bits per heavy atom. The summed E-state index contributed by atoms with van der Waals surface area (Å²) >= 11 is 0. The minimum Gasteiger partial charge on any atom is -0.352 e. The summed E-state index contributed by atoms with van der Waals surface area (Å²) in [5.41, 5.74) is 1.74. The lowest BCUT2D eigenvalue weighted by atomic mass is 10.0. The van der Waals surface area contributed by atoms with Crippen molar-refractivity contribution < 1.29 is 9.59 Å². The third-order valence-electron chi connectivity index (χ3n) is 4.35. The number of likely N-dealkylation sites (tertiary alicyclic amines) is 1. The minimum absolute atomic E-state index is 0.00354. The molecule has 1 saturated heterocycles. The summed E-state index contributed by atoms with van der Waals surface area (Å²) in [5, 5.41) is 13.8. The number of carbonyl (C=O) groups is 2. The lowest BCUT2D eigenvalue weighted by Gasteiger charge is -2.32. The van der Waals surface area contributed by atoms with E-state index in [0.717, 1.165) is 24.8 Å². The molecule has 25 heavy (non-hydrogen) atoms. The molecule has 7 heteroatoms. The van der Waals surface area contributed by atoms with Gasteiger partial charge in [0.1, 0.15) is 5.69 Å². The number of nitrogens with zero attached hydrogens (tertiary/aromatic N) is 3. The SMILES string of the molecule is CCCC(=O)NC1CCCN(C(=O)c2n[nH]nc2-c2ccccc2)C1. The Bertz CT molecular complexity index is 728. The highest BCUT2D eigenvalue weighted by molar-refractivity contribution is 5.98. The third kappa shape index (κ3) is 4.04. The van der Waals surface area contributed by atoms with Gasteiger partial charge in [-0.1, -0.05) is 37.3 Å². The van der Waals surface area contributed by atoms with Gasteiger partial charge in [0, 0.05) is 31.1 Å². The van der Waals surface area contributed by atoms with Crippen LogP contribution in [-0.2, 0) is 4.79 Å². The van der Waals surface area contributed by atoms with E-state index in [0.29, 0.717) is 30.9 Å². The smallest absolute Gasteiger partial charge is 0.276 e. The van der Waals surface area contributed by atoms with Crippen molar-refractivity contribution in [3.8, 4) is 11.3 Å². The maximum absolute atomic E-state index is 12.9. The number of hydrogen-bond donors (Lipinski definition) is 2. The number of H-pyrrole nitrogens is 1. The summed E-state index contributed by atoms with van der Waals surface area (Å²) in [4.78, 5) is 26.5. The minimum atomic E-state index is -0.151. The molecule has 0 aliphatic carbocycles. The molecule has 3 rings (SSSR count). The Labute approximate surface area is 146 Å². The van der Waals surface area contributed by atoms with Crippen molar-refractivity contribution >= 4 is 11.8 Å². The molecule has 2 aromatic rings. The van der Waals surface area contributed by atoms with Crippen LogP contribution in [0.4, 0.5) is 0 Å². The summed E-state index contributed by atoms with van der Waals surface area (Å²) < 4.78 is 0. The van der Waals surface area contributed by atoms with Gasteiger partial charge in [0.05, 0.1) is 0 Å². The molecule has 132 valence electrons. The highest BCUT2D eigenvalue weighted by Crippen LogP contribution is 2.22. The molecule has 1 unspecified atom stereocenters. The van der Waals surface area contributed by atoms with Gasteiger partial charge < -0.3 is 10.2 Å². The predicted molar refractivity (Wildman–Crippen MR) is 93.8 cm³/mol. The number of amides is 2. The molecular weight excluding hydrogens is 318 g/mol. The maximum atomic E-state index is 12.9. The molecular formula is C18H23N5O2. The largest absolute Gasteiger partial charge is 0.352 e. The average molecular weight is 341 g/mol. The Morgan fingerprint density at radius 2 is 2.08 bits per heavy atom. The van der Waals surface area contributed by atoms with E-state index in [1.807, 2.05) is 37.3 Å². The monoisotopic (exact) mass is 341 g/mol. The Kier molecular flexibility index (Phi) is 5.42. The van der Waals surface area contributed by atoms with E-state index in [-0.39, 0.29) is 17.9 Å². The fraction of sp³-hybridized carbons (Fsp3) is 0.444. The summed E-state index contributed by atoms with van der Waals surface area (Å²) in [5.74, 6) is -0.102. The molecule has 0 saturated carbocycles. The zero-order chi connectivity index (χ0) is 17.6. The number of piperidine rings is 1. The van der Waals surface area contributed by atoms with Gasteiger partial charge in [-0.3, -0.25) is 9.59 Å². The molecule has 1 aromatic heterocycles. The first-order valence-corrected chi connectivity index (χ1v) is 8.74. The zero-order valence-electron chi connectivity index (χ0n) is 14.4. The quantitative estimate of drug-likeness (QED) is 0.870. The Hall–Kier alpha value is -2.70. The molecule has 1 atom stereocenters. The van der Waals surface area contributed by atoms with Crippen molar-refractivity contribution in [3.63, 3.8) is 0 Å². The first-order chi connectivity index (χ1) is 12.2. The van der Waals surface area contributed by atoms with Gasteiger partial charge in [0.15, 0.2) is 5.69 Å². The predicted octanol–water partition coefficient (Wildman–Crippen LogP) is 1.99. The van der Waals surface area contributed by atoms with E-state index >= 15 is 0 Å². The highest BCUT2D eigenvalue weighted by Gasteiger charge is 2.28. The van der Waals surface area contributed by atoms with Crippen molar-refractivity contribution in [3.05, 3.63) is 36.0 Å². The molecule has 7 nitrogen and oxygen atoms in total. The van der Waals surface area contributed by atoms with Crippen LogP contribution in [0.2, 0.25) is 0 Å². The van der Waals surface area contributed by atoms with Crippen LogP contribution in [0.5, 0.6) is 0 Å². The molecule has 1 aliphatic rings. The van der Waals surface area contributed by atoms with Crippen molar-refractivity contribution in [2.24, 2.45) is 0 Å². The fourth-order valence-corrected chi connectivity index (χ4v) is 3.13. The number of aromatic amines is 1. The molecule has 0 spiro atoms.